The van der Waals surface area contributed by atoms with Crippen LogP contribution in [0.15, 0.2) is 47.4 Å². The summed E-state index contributed by atoms with van der Waals surface area (Å²) >= 11 is 1.10. The number of nitrogens with one attached hydrogen (secondary N) is 1. The SMILES string of the molecule is O=C(CSc1ccc(F)c(F)c1)Nc1cccc(C(=O)N2CCOCC2)c1. The lowest BCUT2D eigenvalue weighted by Crippen LogP contribution is -2.40. The molecule has 1 fully saturated rings. The van der Waals surface area contributed by atoms with Gasteiger partial charge in [-0.15, -0.1) is 11.8 Å². The topological polar surface area (TPSA) is 58.6 Å². The Morgan fingerprint density at radius 1 is 1.07 bits per heavy atom. The summed E-state index contributed by atoms with van der Waals surface area (Å²) in [6.45, 7) is 2.12. The molecule has 2 aromatic rings. The standard InChI is InChI=1S/C19H18F2N2O3S/c20-16-5-4-15(11-17(16)21)27-12-18(24)22-14-3-1-2-13(10-14)19(25)23-6-8-26-9-7-23/h1-5,10-11H,6-9,12H2,(H,22,24). The second-order valence-corrected chi connectivity index (χ2v) is 6.95. The summed E-state index contributed by atoms with van der Waals surface area (Å²) < 4.78 is 31.4. The highest BCUT2D eigenvalue weighted by Crippen LogP contribution is 2.21. The second-order valence-electron chi connectivity index (χ2n) is 5.90. The molecule has 0 atom stereocenters. The maximum Gasteiger partial charge on any atom is 0.254 e. The van der Waals surface area contributed by atoms with Crippen LogP contribution >= 0.6 is 11.8 Å². The van der Waals surface area contributed by atoms with Crippen LogP contribution in [0.25, 0.3) is 0 Å². The van der Waals surface area contributed by atoms with E-state index in [2.05, 4.69) is 5.32 Å². The Bertz CT molecular complexity index is 841. The summed E-state index contributed by atoms with van der Waals surface area (Å²) in [5.74, 6) is -2.25. The van der Waals surface area contributed by atoms with Crippen LogP contribution in [0.1, 0.15) is 10.4 Å². The molecule has 0 aromatic heterocycles. The van der Waals surface area contributed by atoms with Crippen molar-refractivity contribution in [2.45, 2.75) is 4.90 Å². The number of amides is 2. The zero-order valence-electron chi connectivity index (χ0n) is 14.4. The third kappa shape index (κ3) is 5.27. The van der Waals surface area contributed by atoms with Gasteiger partial charge in [0, 0.05) is 29.2 Å². The predicted octanol–water partition coefficient (Wildman–Crippen LogP) is 3.17. The molecule has 8 heteroatoms. The number of hydrogen-bond donors (Lipinski definition) is 1. The summed E-state index contributed by atoms with van der Waals surface area (Å²) in [5.41, 5.74) is 0.993. The van der Waals surface area contributed by atoms with Crippen LogP contribution in [0.4, 0.5) is 14.5 Å². The van der Waals surface area contributed by atoms with Crippen LogP contribution in [-0.2, 0) is 9.53 Å². The molecule has 1 aliphatic heterocycles. The van der Waals surface area contributed by atoms with Gasteiger partial charge in [0.1, 0.15) is 0 Å². The summed E-state index contributed by atoms with van der Waals surface area (Å²) in [4.78, 5) is 26.8. The van der Waals surface area contributed by atoms with Crippen molar-refractivity contribution in [3.8, 4) is 0 Å². The monoisotopic (exact) mass is 392 g/mol. The number of thioether (sulfide) groups is 1. The molecule has 2 amide bonds. The van der Waals surface area contributed by atoms with Crippen molar-refractivity contribution in [3.05, 3.63) is 59.7 Å². The van der Waals surface area contributed by atoms with Gasteiger partial charge in [-0.25, -0.2) is 8.78 Å². The predicted molar refractivity (Wildman–Crippen MR) is 98.9 cm³/mol. The van der Waals surface area contributed by atoms with Crippen molar-refractivity contribution in [1.29, 1.82) is 0 Å². The first kappa shape index (κ1) is 19.3. The summed E-state index contributed by atoms with van der Waals surface area (Å²) in [6.07, 6.45) is 0. The van der Waals surface area contributed by atoms with Crippen molar-refractivity contribution in [3.63, 3.8) is 0 Å². The van der Waals surface area contributed by atoms with Crippen LogP contribution in [0.5, 0.6) is 0 Å². The number of morpholine rings is 1. The lowest BCUT2D eigenvalue weighted by molar-refractivity contribution is -0.113. The first-order valence-electron chi connectivity index (χ1n) is 8.38. The number of anilines is 1. The summed E-state index contributed by atoms with van der Waals surface area (Å²) in [6, 6.07) is 10.2. The van der Waals surface area contributed by atoms with Crippen LogP contribution < -0.4 is 5.32 Å². The van der Waals surface area contributed by atoms with Crippen molar-refractivity contribution in [1.82, 2.24) is 4.90 Å². The van der Waals surface area contributed by atoms with Gasteiger partial charge in [0.25, 0.3) is 5.91 Å². The normalized spacial score (nSPS) is 14.1. The summed E-state index contributed by atoms with van der Waals surface area (Å²) in [5, 5.41) is 2.71. The quantitative estimate of drug-likeness (QED) is 0.794. The van der Waals surface area contributed by atoms with E-state index in [9.17, 15) is 18.4 Å². The van der Waals surface area contributed by atoms with Gasteiger partial charge in [0.15, 0.2) is 11.6 Å². The van der Waals surface area contributed by atoms with E-state index in [4.69, 9.17) is 4.74 Å². The number of benzene rings is 2. The van der Waals surface area contributed by atoms with Crippen molar-refractivity contribution >= 4 is 29.3 Å². The molecule has 0 spiro atoms. The lowest BCUT2D eigenvalue weighted by Gasteiger charge is -2.27. The maximum atomic E-state index is 13.2. The Balaban J connectivity index is 1.57. The zero-order chi connectivity index (χ0) is 19.2. The molecule has 0 aliphatic carbocycles. The molecule has 0 saturated carbocycles. The average molecular weight is 392 g/mol. The molecule has 27 heavy (non-hydrogen) atoms. The van der Waals surface area contributed by atoms with E-state index in [1.807, 2.05) is 0 Å². The molecular weight excluding hydrogens is 374 g/mol. The number of ether oxygens (including phenoxy) is 1. The Labute approximate surface area is 159 Å². The molecule has 5 nitrogen and oxygen atoms in total. The number of carbonyl (C=O) groups excluding carboxylic acids is 2. The molecule has 0 radical (unpaired) electrons. The zero-order valence-corrected chi connectivity index (χ0v) is 15.2. The minimum atomic E-state index is -0.949. The lowest BCUT2D eigenvalue weighted by atomic mass is 10.1. The van der Waals surface area contributed by atoms with E-state index >= 15 is 0 Å². The highest BCUT2D eigenvalue weighted by atomic mass is 32.2. The highest BCUT2D eigenvalue weighted by Gasteiger charge is 2.18. The van der Waals surface area contributed by atoms with Crippen LogP contribution in [0.3, 0.4) is 0 Å². The number of halogens is 2. The minimum Gasteiger partial charge on any atom is -0.378 e. The molecule has 2 aromatic carbocycles. The van der Waals surface area contributed by atoms with E-state index in [1.165, 1.54) is 6.07 Å². The minimum absolute atomic E-state index is 0.0344. The van der Waals surface area contributed by atoms with E-state index in [1.54, 1.807) is 29.2 Å². The van der Waals surface area contributed by atoms with Gasteiger partial charge in [-0.05, 0) is 36.4 Å². The fourth-order valence-electron chi connectivity index (χ4n) is 2.59. The molecule has 1 N–H and O–H groups in total. The second kappa shape index (κ2) is 8.96. The maximum absolute atomic E-state index is 13.2. The first-order chi connectivity index (χ1) is 13.0. The Morgan fingerprint density at radius 2 is 1.85 bits per heavy atom. The van der Waals surface area contributed by atoms with E-state index in [0.29, 0.717) is 42.4 Å². The number of carbonyl (C=O) groups is 2. The van der Waals surface area contributed by atoms with Crippen LogP contribution in [-0.4, -0.2) is 48.8 Å². The van der Waals surface area contributed by atoms with Crippen molar-refractivity contribution < 1.29 is 23.1 Å². The average Bonchev–Trinajstić information content (AvgIpc) is 2.69. The van der Waals surface area contributed by atoms with Crippen LogP contribution in [0.2, 0.25) is 0 Å². The summed E-state index contributed by atoms with van der Waals surface area (Å²) in [7, 11) is 0. The van der Waals surface area contributed by atoms with Gasteiger partial charge in [0.05, 0.1) is 19.0 Å². The van der Waals surface area contributed by atoms with Crippen LogP contribution in [0, 0.1) is 11.6 Å². The fourth-order valence-corrected chi connectivity index (χ4v) is 3.31. The van der Waals surface area contributed by atoms with Gasteiger partial charge < -0.3 is 15.0 Å². The largest absolute Gasteiger partial charge is 0.378 e. The van der Waals surface area contributed by atoms with Gasteiger partial charge >= 0.3 is 0 Å². The molecule has 142 valence electrons. The number of hydrogen-bond acceptors (Lipinski definition) is 4. The fraction of sp³-hybridized carbons (Fsp3) is 0.263. The molecule has 3 rings (SSSR count). The Hall–Kier alpha value is -2.45. The molecule has 1 heterocycles. The third-order valence-corrected chi connectivity index (χ3v) is 4.95. The first-order valence-corrected chi connectivity index (χ1v) is 9.36. The Kier molecular flexibility index (Phi) is 6.41. The molecule has 1 saturated heterocycles. The van der Waals surface area contributed by atoms with Crippen molar-refractivity contribution in [2.24, 2.45) is 0 Å². The van der Waals surface area contributed by atoms with Crippen molar-refractivity contribution in [2.75, 3.05) is 37.4 Å². The van der Waals surface area contributed by atoms with E-state index in [-0.39, 0.29) is 17.6 Å². The van der Waals surface area contributed by atoms with Gasteiger partial charge in [-0.3, -0.25) is 9.59 Å². The smallest absolute Gasteiger partial charge is 0.254 e. The van der Waals surface area contributed by atoms with E-state index in [0.717, 1.165) is 23.9 Å². The molecule has 1 aliphatic rings. The van der Waals surface area contributed by atoms with Gasteiger partial charge in [-0.1, -0.05) is 6.07 Å². The third-order valence-electron chi connectivity index (χ3n) is 3.95. The van der Waals surface area contributed by atoms with Gasteiger partial charge in [0.2, 0.25) is 5.91 Å². The highest BCUT2D eigenvalue weighted by molar-refractivity contribution is 8.00. The van der Waals surface area contributed by atoms with E-state index < -0.39 is 11.6 Å². The Morgan fingerprint density at radius 3 is 2.59 bits per heavy atom. The number of rotatable bonds is 5. The van der Waals surface area contributed by atoms with Gasteiger partial charge in [-0.2, -0.15) is 0 Å². The molecule has 0 unspecified atom stereocenters. The number of nitrogens with zero attached hydrogens (tertiary/aromatic N) is 1. The molecule has 0 bridgehead atoms. The molecular formula is C19H18F2N2O3S.